The number of hydrogen-bond donors (Lipinski definition) is 0. The highest BCUT2D eigenvalue weighted by molar-refractivity contribution is 7.09. The summed E-state index contributed by atoms with van der Waals surface area (Å²) >= 11 is 1.66. The fraction of sp³-hybridized carbons (Fsp3) is 0.545. The summed E-state index contributed by atoms with van der Waals surface area (Å²) in [7, 11) is 1.05. The fourth-order valence-electron chi connectivity index (χ4n) is 2.52. The molecule has 0 radical (unpaired) electrons. The van der Waals surface area contributed by atoms with E-state index in [9.17, 15) is 0 Å². The maximum Gasteiger partial charge on any atom is 0.202 e. The van der Waals surface area contributed by atoms with Gasteiger partial charge in [0.15, 0.2) is 5.82 Å². The Morgan fingerprint density at radius 1 is 1.39 bits per heavy atom. The van der Waals surface area contributed by atoms with E-state index < -0.39 is 0 Å². The van der Waals surface area contributed by atoms with E-state index in [4.69, 9.17) is 0 Å². The first-order chi connectivity index (χ1) is 8.70. The van der Waals surface area contributed by atoms with Crippen molar-refractivity contribution in [1.82, 2.24) is 24.6 Å². The summed E-state index contributed by atoms with van der Waals surface area (Å²) in [5.41, 5.74) is 0.952. The first-order valence-electron chi connectivity index (χ1n) is 6.30. The van der Waals surface area contributed by atoms with Crippen LogP contribution in [0.25, 0.3) is 11.5 Å². The van der Waals surface area contributed by atoms with Gasteiger partial charge in [0, 0.05) is 18.5 Å². The molecule has 0 saturated heterocycles. The second kappa shape index (κ2) is 4.48. The summed E-state index contributed by atoms with van der Waals surface area (Å²) in [5.74, 6) is 1.97. The van der Waals surface area contributed by atoms with Crippen molar-refractivity contribution >= 4 is 18.8 Å². The van der Waals surface area contributed by atoms with E-state index in [1.807, 2.05) is 6.92 Å². The van der Waals surface area contributed by atoms with Gasteiger partial charge >= 0.3 is 0 Å². The molecule has 0 saturated carbocycles. The quantitative estimate of drug-likeness (QED) is 0.768. The van der Waals surface area contributed by atoms with Gasteiger partial charge in [0.2, 0.25) is 7.41 Å². The Morgan fingerprint density at radius 2 is 2.22 bits per heavy atom. The first kappa shape index (κ1) is 11.9. The van der Waals surface area contributed by atoms with Gasteiger partial charge in [-0.1, -0.05) is 6.82 Å². The van der Waals surface area contributed by atoms with Crippen molar-refractivity contribution in [3.63, 3.8) is 0 Å². The first-order valence-corrected chi connectivity index (χ1v) is 7.18. The van der Waals surface area contributed by atoms with E-state index in [1.54, 1.807) is 11.3 Å². The number of nitrogens with zero attached hydrogens (tertiary/aromatic N) is 5. The molecule has 1 atom stereocenters. The van der Waals surface area contributed by atoms with Crippen molar-refractivity contribution in [2.45, 2.75) is 33.3 Å². The van der Waals surface area contributed by atoms with Crippen LogP contribution in [0.4, 0.5) is 0 Å². The molecular formula is C11H16BN5S. The largest absolute Gasteiger partial charge is 0.335 e. The molecule has 7 heteroatoms. The van der Waals surface area contributed by atoms with Crippen LogP contribution in [0.2, 0.25) is 6.82 Å². The van der Waals surface area contributed by atoms with Crippen molar-refractivity contribution in [3.8, 4) is 11.5 Å². The normalized spacial score (nSPS) is 19.8. The maximum absolute atomic E-state index is 4.51. The number of aromatic nitrogens is 4. The van der Waals surface area contributed by atoms with Crippen LogP contribution in [0.5, 0.6) is 0 Å². The molecule has 5 nitrogen and oxygen atoms in total. The summed E-state index contributed by atoms with van der Waals surface area (Å²) in [6.45, 7) is 8.40. The second-order valence-electron chi connectivity index (χ2n) is 4.59. The maximum atomic E-state index is 4.51. The third kappa shape index (κ3) is 1.78. The molecule has 18 heavy (non-hydrogen) atoms. The third-order valence-electron chi connectivity index (χ3n) is 3.57. The van der Waals surface area contributed by atoms with Crippen LogP contribution >= 0.6 is 11.3 Å². The van der Waals surface area contributed by atoms with Crippen LogP contribution in [0, 0.1) is 6.92 Å². The lowest BCUT2D eigenvalue weighted by atomic mass is 9.92. The summed E-state index contributed by atoms with van der Waals surface area (Å²) in [4.78, 5) is 6.92. The zero-order chi connectivity index (χ0) is 12.7. The molecule has 0 fully saturated rings. The average Bonchev–Trinajstić information content (AvgIpc) is 2.96. The van der Waals surface area contributed by atoms with Crippen molar-refractivity contribution in [2.24, 2.45) is 0 Å². The Labute approximate surface area is 111 Å². The Balaban J connectivity index is 2.01. The van der Waals surface area contributed by atoms with E-state index in [0.717, 1.165) is 42.9 Å². The smallest absolute Gasteiger partial charge is 0.202 e. The van der Waals surface area contributed by atoms with Crippen LogP contribution in [-0.4, -0.2) is 38.5 Å². The lowest BCUT2D eigenvalue weighted by Crippen LogP contribution is -2.38. The second-order valence-corrected chi connectivity index (χ2v) is 5.65. The standard InChI is InChI=1S/C11H16BN5S/c1-7-10-14-15-11(9-6-18-8(2)13-9)16(10)4-5-17(7)12-3/h6-7,12H,4-5H2,1-3H3/t7-/m1/s1. The Morgan fingerprint density at radius 3 is 2.89 bits per heavy atom. The van der Waals surface area contributed by atoms with Gasteiger partial charge in [-0.15, -0.1) is 21.5 Å². The van der Waals surface area contributed by atoms with E-state index in [1.165, 1.54) is 0 Å². The third-order valence-corrected chi connectivity index (χ3v) is 4.34. The Hall–Kier alpha value is -1.21. The number of hydrogen-bond acceptors (Lipinski definition) is 5. The van der Waals surface area contributed by atoms with Gasteiger partial charge in [0.1, 0.15) is 11.5 Å². The van der Waals surface area contributed by atoms with Gasteiger partial charge in [0.25, 0.3) is 0 Å². The molecule has 0 amide bonds. The van der Waals surface area contributed by atoms with Gasteiger partial charge < -0.3 is 9.38 Å². The number of rotatable bonds is 2. The highest BCUT2D eigenvalue weighted by Crippen LogP contribution is 2.28. The summed E-state index contributed by atoms with van der Waals surface area (Å²) < 4.78 is 2.21. The zero-order valence-electron chi connectivity index (χ0n) is 10.9. The van der Waals surface area contributed by atoms with Gasteiger partial charge in [-0.05, 0) is 13.8 Å². The van der Waals surface area contributed by atoms with E-state index in [2.05, 4.69) is 43.7 Å². The van der Waals surface area contributed by atoms with Crippen LogP contribution in [0.3, 0.4) is 0 Å². The van der Waals surface area contributed by atoms with Gasteiger partial charge in [-0.25, -0.2) is 4.98 Å². The molecule has 0 aliphatic carbocycles. The monoisotopic (exact) mass is 261 g/mol. The van der Waals surface area contributed by atoms with Crippen molar-refractivity contribution < 1.29 is 0 Å². The molecular weight excluding hydrogens is 245 g/mol. The zero-order valence-corrected chi connectivity index (χ0v) is 11.7. The minimum Gasteiger partial charge on any atom is -0.335 e. The molecule has 3 heterocycles. The molecule has 2 aromatic rings. The highest BCUT2D eigenvalue weighted by Gasteiger charge is 2.27. The van der Waals surface area contributed by atoms with E-state index in [0.29, 0.717) is 6.04 Å². The molecule has 3 rings (SSSR count). The van der Waals surface area contributed by atoms with E-state index >= 15 is 0 Å². The minimum atomic E-state index is 0.338. The van der Waals surface area contributed by atoms with Crippen molar-refractivity contribution in [3.05, 3.63) is 16.2 Å². The summed E-state index contributed by atoms with van der Waals surface area (Å²) in [6, 6.07) is 0.338. The van der Waals surface area contributed by atoms with Crippen molar-refractivity contribution in [1.29, 1.82) is 0 Å². The fourth-order valence-corrected chi connectivity index (χ4v) is 3.11. The van der Waals surface area contributed by atoms with Crippen LogP contribution in [0.15, 0.2) is 5.38 Å². The molecule has 0 N–H and O–H groups in total. The summed E-state index contributed by atoms with van der Waals surface area (Å²) in [6.07, 6.45) is 0. The molecule has 0 unspecified atom stereocenters. The number of fused-ring (bicyclic) bond motifs is 1. The topological polar surface area (TPSA) is 46.8 Å². The SMILES string of the molecule is CBN1CCn2c(-c3csc(C)n3)nnc2[C@H]1C. The van der Waals surface area contributed by atoms with Gasteiger partial charge in [0.05, 0.1) is 11.0 Å². The van der Waals surface area contributed by atoms with Crippen LogP contribution in [0.1, 0.15) is 23.8 Å². The lowest BCUT2D eigenvalue weighted by molar-refractivity contribution is 0.284. The molecule has 0 spiro atoms. The lowest BCUT2D eigenvalue weighted by Gasteiger charge is -2.32. The van der Waals surface area contributed by atoms with E-state index in [-0.39, 0.29) is 0 Å². The van der Waals surface area contributed by atoms with Crippen molar-refractivity contribution in [2.75, 3.05) is 6.54 Å². The molecule has 94 valence electrons. The Bertz CT molecular complexity index is 564. The van der Waals surface area contributed by atoms with Crippen LogP contribution < -0.4 is 0 Å². The number of aryl methyl sites for hydroxylation is 1. The molecule has 1 aliphatic heterocycles. The van der Waals surface area contributed by atoms with Gasteiger partial charge in [-0.3, -0.25) is 0 Å². The molecule has 1 aliphatic rings. The predicted octanol–water partition coefficient (Wildman–Crippen LogP) is 1.49. The molecule has 0 bridgehead atoms. The summed E-state index contributed by atoms with van der Waals surface area (Å²) in [5, 5.41) is 11.8. The predicted molar refractivity (Wildman–Crippen MR) is 74.0 cm³/mol. The van der Waals surface area contributed by atoms with Gasteiger partial charge in [-0.2, -0.15) is 0 Å². The molecule has 0 aromatic carbocycles. The highest BCUT2D eigenvalue weighted by atomic mass is 32.1. The van der Waals surface area contributed by atoms with Crippen LogP contribution in [-0.2, 0) is 6.54 Å². The Kier molecular flexibility index (Phi) is 2.95. The minimum absolute atomic E-state index is 0.338. The molecule has 2 aromatic heterocycles. The number of thiazole rings is 1. The average molecular weight is 261 g/mol.